The van der Waals surface area contributed by atoms with Crippen molar-refractivity contribution in [2.45, 2.75) is 31.6 Å². The number of fused-ring (bicyclic) bond motifs is 1. The largest absolute Gasteiger partial charge is 0.535 e. The first-order valence-corrected chi connectivity index (χ1v) is 12.1. The highest BCUT2D eigenvalue weighted by Gasteiger charge is 2.41. The smallest absolute Gasteiger partial charge is 0.526 e. The van der Waals surface area contributed by atoms with Gasteiger partial charge in [-0.3, -0.25) is 19.3 Å². The van der Waals surface area contributed by atoms with Gasteiger partial charge >= 0.3 is 30.9 Å². The van der Waals surface area contributed by atoms with Crippen molar-refractivity contribution in [3.05, 3.63) is 58.9 Å². The van der Waals surface area contributed by atoms with Crippen LogP contribution in [0.5, 0.6) is 11.5 Å². The molecule has 0 spiro atoms. The minimum atomic E-state index is -1.65. The maximum atomic E-state index is 14.8. The highest BCUT2D eigenvalue weighted by atomic mass is 19.1. The van der Waals surface area contributed by atoms with Crippen LogP contribution in [0.1, 0.15) is 40.9 Å². The third-order valence-electron chi connectivity index (χ3n) is 6.73. The lowest BCUT2D eigenvalue weighted by Crippen LogP contribution is -2.58. The summed E-state index contributed by atoms with van der Waals surface area (Å²) >= 11 is 0. The Bertz CT molecular complexity index is 1350. The zero-order valence-electron chi connectivity index (χ0n) is 20.8. The molecule has 0 aliphatic carbocycles. The van der Waals surface area contributed by atoms with Gasteiger partial charge in [-0.05, 0) is 37.1 Å². The van der Waals surface area contributed by atoms with Gasteiger partial charge in [0.25, 0.3) is 0 Å². The lowest BCUT2D eigenvalue weighted by Gasteiger charge is -2.33. The van der Waals surface area contributed by atoms with Gasteiger partial charge in [0.05, 0.1) is 5.56 Å². The van der Waals surface area contributed by atoms with Gasteiger partial charge in [0, 0.05) is 43.5 Å². The van der Waals surface area contributed by atoms with Crippen LogP contribution in [0, 0.1) is 5.82 Å². The molecule has 0 radical (unpaired) electrons. The van der Waals surface area contributed by atoms with Crippen molar-refractivity contribution in [2.75, 3.05) is 19.6 Å². The predicted octanol–water partition coefficient (Wildman–Crippen LogP) is 1.12. The van der Waals surface area contributed by atoms with Gasteiger partial charge in [-0.2, -0.15) is 0 Å². The molecule has 4 amide bonds. The van der Waals surface area contributed by atoms with Gasteiger partial charge in [-0.15, -0.1) is 0 Å². The number of likely N-dealkylation sites (N-methyl/N-ethyl adjacent to an activating group) is 1. The Morgan fingerprint density at radius 2 is 1.92 bits per heavy atom. The first kappa shape index (κ1) is 27.6. The van der Waals surface area contributed by atoms with E-state index in [0.29, 0.717) is 10.5 Å². The fraction of sp³-hybridized carbons (Fsp3) is 0.320. The summed E-state index contributed by atoms with van der Waals surface area (Å²) in [5.74, 6) is -6.35. The zero-order chi connectivity index (χ0) is 28.4. The molecule has 1 unspecified atom stereocenters. The molecule has 2 atom stereocenters. The predicted molar refractivity (Wildman–Crippen MR) is 132 cm³/mol. The van der Waals surface area contributed by atoms with Crippen molar-refractivity contribution in [3.8, 4) is 11.5 Å². The number of aromatic hydroxyl groups is 1. The molecule has 2 aromatic rings. The van der Waals surface area contributed by atoms with E-state index in [4.69, 9.17) is 4.65 Å². The SMILES string of the molecule is CCN1CCN(C(=O)NC(C(=O)C[C@H]2Cc3cccc(C(=O)O)c3OB2O)c2ccc(O)cc2F)C(=O)C1=O. The average molecular weight is 541 g/mol. The van der Waals surface area contributed by atoms with Crippen molar-refractivity contribution in [3.63, 3.8) is 0 Å². The van der Waals surface area contributed by atoms with Crippen molar-refractivity contribution < 1.29 is 48.3 Å². The average Bonchev–Trinajstić information content (AvgIpc) is 2.89. The highest BCUT2D eigenvalue weighted by Crippen LogP contribution is 2.37. The molecule has 2 aliphatic rings. The summed E-state index contributed by atoms with van der Waals surface area (Å²) < 4.78 is 20.2. The summed E-state index contributed by atoms with van der Waals surface area (Å²) in [6.45, 7) is 1.89. The van der Waals surface area contributed by atoms with Crippen LogP contribution in [0.25, 0.3) is 0 Å². The number of hydrogen-bond acceptors (Lipinski definition) is 8. The Kier molecular flexibility index (Phi) is 7.86. The molecule has 0 saturated carbocycles. The van der Waals surface area contributed by atoms with E-state index < -0.39 is 66.6 Å². The van der Waals surface area contributed by atoms with Gasteiger partial charge in [0.1, 0.15) is 23.4 Å². The number of aromatic carboxylic acids is 1. The van der Waals surface area contributed by atoms with E-state index in [9.17, 15) is 43.6 Å². The monoisotopic (exact) mass is 541 g/mol. The summed E-state index contributed by atoms with van der Waals surface area (Å²) in [5, 5.41) is 31.9. The fourth-order valence-electron chi connectivity index (χ4n) is 4.66. The second-order valence-corrected chi connectivity index (χ2v) is 9.17. The first-order chi connectivity index (χ1) is 18.5. The van der Waals surface area contributed by atoms with E-state index in [1.165, 1.54) is 17.0 Å². The summed E-state index contributed by atoms with van der Waals surface area (Å²) in [6.07, 6.45) is -0.381. The number of ketones is 1. The van der Waals surface area contributed by atoms with Crippen LogP contribution in [-0.2, 0) is 20.8 Å². The van der Waals surface area contributed by atoms with Crippen LogP contribution in [0.3, 0.4) is 0 Å². The standard InChI is InChI=1S/C25H25BFN3O9/c1-2-29-8-9-30(23(34)22(29)33)25(37)28-20(16-7-6-15(31)12-18(16)27)19(32)11-14-10-13-4-3-5-17(24(35)36)21(13)39-26(14)38/h3-7,12,14,20,31,38H,2,8-11H2,1H3,(H,28,37)(H,35,36)/t14-,20?/m1/s1. The van der Waals surface area contributed by atoms with Crippen molar-refractivity contribution >= 4 is 36.7 Å². The molecular weight excluding hydrogens is 516 g/mol. The van der Waals surface area contributed by atoms with Gasteiger partial charge in [-0.25, -0.2) is 14.0 Å². The molecule has 14 heteroatoms. The molecule has 0 aromatic heterocycles. The normalized spacial score (nSPS) is 17.8. The number of amides is 4. The van der Waals surface area contributed by atoms with E-state index in [-0.39, 0.29) is 42.9 Å². The van der Waals surface area contributed by atoms with Crippen molar-refractivity contribution in [1.29, 1.82) is 0 Å². The van der Waals surface area contributed by atoms with E-state index in [1.54, 1.807) is 13.0 Å². The minimum absolute atomic E-state index is 0.0231. The van der Waals surface area contributed by atoms with Gasteiger partial charge in [0.2, 0.25) is 0 Å². The van der Waals surface area contributed by atoms with E-state index >= 15 is 0 Å². The molecule has 2 aliphatic heterocycles. The van der Waals surface area contributed by atoms with Gasteiger partial charge < -0.3 is 30.1 Å². The van der Waals surface area contributed by atoms with Crippen LogP contribution in [0.4, 0.5) is 9.18 Å². The first-order valence-electron chi connectivity index (χ1n) is 12.1. The van der Waals surface area contributed by atoms with Crippen molar-refractivity contribution in [1.82, 2.24) is 15.1 Å². The summed E-state index contributed by atoms with van der Waals surface area (Å²) in [5.41, 5.74) is -0.0285. The zero-order valence-corrected chi connectivity index (χ0v) is 20.8. The number of para-hydroxylation sites is 1. The second kappa shape index (κ2) is 11.1. The van der Waals surface area contributed by atoms with Crippen LogP contribution in [0.15, 0.2) is 36.4 Å². The summed E-state index contributed by atoms with van der Waals surface area (Å²) in [4.78, 5) is 64.6. The Morgan fingerprint density at radius 1 is 1.18 bits per heavy atom. The fourth-order valence-corrected chi connectivity index (χ4v) is 4.66. The number of rotatable bonds is 7. The Morgan fingerprint density at radius 3 is 2.59 bits per heavy atom. The second-order valence-electron chi connectivity index (χ2n) is 9.17. The molecule has 4 N–H and O–H groups in total. The van der Waals surface area contributed by atoms with E-state index in [1.807, 2.05) is 0 Å². The number of phenols is 1. The quantitative estimate of drug-likeness (QED) is 0.296. The number of imide groups is 1. The van der Waals surface area contributed by atoms with Crippen LogP contribution in [0.2, 0.25) is 5.82 Å². The summed E-state index contributed by atoms with van der Waals surface area (Å²) in [6, 6.07) is 4.61. The third-order valence-corrected chi connectivity index (χ3v) is 6.73. The molecular formula is C25H25BFN3O9. The topological polar surface area (TPSA) is 174 Å². The maximum absolute atomic E-state index is 14.8. The Labute approximate surface area is 222 Å². The molecule has 39 heavy (non-hydrogen) atoms. The van der Waals surface area contributed by atoms with E-state index in [0.717, 1.165) is 18.2 Å². The number of halogens is 1. The molecule has 4 rings (SSSR count). The number of phenolic OH excluding ortho intramolecular Hbond substituents is 1. The molecule has 204 valence electrons. The number of Topliss-reactive ketones (excluding diaryl/α,β-unsaturated/α-hetero) is 1. The third kappa shape index (κ3) is 5.55. The minimum Gasteiger partial charge on any atom is -0.535 e. The number of nitrogens with one attached hydrogen (secondary N) is 1. The highest BCUT2D eigenvalue weighted by molar-refractivity contribution is 6.47. The molecule has 1 fully saturated rings. The number of carbonyl (C=O) groups is 5. The molecule has 0 bridgehead atoms. The number of carbonyl (C=O) groups excluding carboxylic acids is 4. The van der Waals surface area contributed by atoms with Crippen LogP contribution >= 0.6 is 0 Å². The van der Waals surface area contributed by atoms with E-state index in [2.05, 4.69) is 5.32 Å². The number of nitrogens with zero attached hydrogens (tertiary/aromatic N) is 2. The maximum Gasteiger partial charge on any atom is 0.526 e. The number of benzene rings is 2. The van der Waals surface area contributed by atoms with Crippen molar-refractivity contribution in [2.24, 2.45) is 0 Å². The number of piperazine rings is 1. The lowest BCUT2D eigenvalue weighted by atomic mass is 9.64. The lowest BCUT2D eigenvalue weighted by molar-refractivity contribution is -0.153. The molecule has 2 aromatic carbocycles. The van der Waals surface area contributed by atoms with Gasteiger partial charge in [-0.1, -0.05) is 12.1 Å². The number of urea groups is 1. The summed E-state index contributed by atoms with van der Waals surface area (Å²) in [7, 11) is -1.58. The Balaban J connectivity index is 1.58. The Hall–Kier alpha value is -4.46. The number of hydrogen-bond donors (Lipinski definition) is 4. The van der Waals surface area contributed by atoms with Crippen LogP contribution in [-0.4, -0.2) is 81.4 Å². The molecule has 2 heterocycles. The molecule has 1 saturated heterocycles. The number of carboxylic acid groups (broad SMARTS) is 1. The van der Waals surface area contributed by atoms with Crippen LogP contribution < -0.4 is 9.97 Å². The number of carboxylic acids is 1. The van der Waals surface area contributed by atoms with Gasteiger partial charge in [0.15, 0.2) is 5.78 Å². The molecule has 12 nitrogen and oxygen atoms in total.